The van der Waals surface area contributed by atoms with Gasteiger partial charge in [0.15, 0.2) is 17.5 Å². The van der Waals surface area contributed by atoms with Gasteiger partial charge >= 0.3 is 11.9 Å². The molecule has 2 heterocycles. The number of aryl methyl sites for hydroxylation is 2. The van der Waals surface area contributed by atoms with Gasteiger partial charge < -0.3 is 14.2 Å². The van der Waals surface area contributed by atoms with E-state index < -0.39 is 30.0 Å². The van der Waals surface area contributed by atoms with E-state index in [4.69, 9.17) is 14.2 Å². The molecule has 0 aliphatic carbocycles. The molecule has 0 fully saturated rings. The molecule has 1 amide bonds. The number of aromatic nitrogens is 3. The maximum atomic E-state index is 12.7. The number of amides is 1. The number of thiazole rings is 1. The van der Waals surface area contributed by atoms with E-state index in [1.165, 1.54) is 0 Å². The fraction of sp³-hybridized carbons (Fsp3) is 0.304. The molecule has 0 aliphatic heterocycles. The number of benzene rings is 1. The Bertz CT molecular complexity index is 1320. The summed E-state index contributed by atoms with van der Waals surface area (Å²) >= 11 is 0.963. The van der Waals surface area contributed by atoms with Crippen LogP contribution in [-0.4, -0.2) is 52.4 Å². The second-order valence-corrected chi connectivity index (χ2v) is 8.10. The van der Waals surface area contributed by atoms with E-state index in [2.05, 4.69) is 15.4 Å². The Hall–Kier alpha value is -4.06. The lowest BCUT2D eigenvalue weighted by Crippen LogP contribution is -2.27. The van der Waals surface area contributed by atoms with Crippen molar-refractivity contribution in [3.8, 4) is 11.4 Å². The molecule has 0 aliphatic rings. The van der Waals surface area contributed by atoms with Crippen LogP contribution in [0.2, 0.25) is 0 Å². The highest BCUT2D eigenvalue weighted by molar-refractivity contribution is 7.17. The van der Waals surface area contributed by atoms with E-state index >= 15 is 0 Å². The standard InChI is InChI=1S/C23H24N4O7S/c1-5-32-21(30)19-16(11-18(29)27(26-19)15-10-8-7-9-13(15)3)34-12-17(28)25-23-24-14(4)20(35-23)22(31)33-6-2/h7-11H,5-6,12H2,1-4H3,(H,24,25,28). The van der Waals surface area contributed by atoms with Gasteiger partial charge in [-0.2, -0.15) is 9.78 Å². The molecule has 1 N–H and O–H groups in total. The average Bonchev–Trinajstić information content (AvgIpc) is 3.18. The van der Waals surface area contributed by atoms with E-state index in [0.29, 0.717) is 11.4 Å². The molecule has 3 aromatic rings. The first kappa shape index (κ1) is 25.6. The summed E-state index contributed by atoms with van der Waals surface area (Å²) in [5.74, 6) is -2.15. The summed E-state index contributed by atoms with van der Waals surface area (Å²) in [7, 11) is 0. The number of ether oxygens (including phenoxy) is 3. The maximum absolute atomic E-state index is 12.7. The first-order valence-electron chi connectivity index (χ1n) is 10.7. The monoisotopic (exact) mass is 500 g/mol. The zero-order valence-electron chi connectivity index (χ0n) is 19.6. The van der Waals surface area contributed by atoms with Gasteiger partial charge in [0.2, 0.25) is 5.69 Å². The van der Waals surface area contributed by atoms with Crippen molar-refractivity contribution >= 4 is 34.3 Å². The number of esters is 2. The van der Waals surface area contributed by atoms with Crippen molar-refractivity contribution in [3.63, 3.8) is 0 Å². The molecule has 0 saturated heterocycles. The number of carbonyl (C=O) groups is 3. The third-order valence-electron chi connectivity index (χ3n) is 4.57. The van der Waals surface area contributed by atoms with Crippen LogP contribution < -0.4 is 15.6 Å². The minimum Gasteiger partial charge on any atom is -0.481 e. The van der Waals surface area contributed by atoms with Crippen molar-refractivity contribution in [2.75, 3.05) is 25.1 Å². The summed E-state index contributed by atoms with van der Waals surface area (Å²) in [6.45, 7) is 6.49. The van der Waals surface area contributed by atoms with E-state index in [-0.39, 0.29) is 34.7 Å². The lowest BCUT2D eigenvalue weighted by molar-refractivity contribution is -0.118. The van der Waals surface area contributed by atoms with Gasteiger partial charge in [-0.15, -0.1) is 0 Å². The van der Waals surface area contributed by atoms with Gasteiger partial charge in [-0.3, -0.25) is 14.9 Å². The number of para-hydroxylation sites is 1. The Morgan fingerprint density at radius 1 is 1.06 bits per heavy atom. The molecular formula is C23H24N4O7S. The zero-order valence-corrected chi connectivity index (χ0v) is 20.4. The Balaban J connectivity index is 1.81. The van der Waals surface area contributed by atoms with Crippen LogP contribution >= 0.6 is 11.3 Å². The Labute approximate surface area is 204 Å². The minimum absolute atomic E-state index is 0.0795. The predicted octanol–water partition coefficient (Wildman–Crippen LogP) is 2.68. The van der Waals surface area contributed by atoms with Crippen molar-refractivity contribution < 1.29 is 28.6 Å². The zero-order chi connectivity index (χ0) is 25.5. The molecule has 0 spiro atoms. The van der Waals surface area contributed by atoms with Gasteiger partial charge in [0, 0.05) is 0 Å². The van der Waals surface area contributed by atoms with Gasteiger partial charge in [0.25, 0.3) is 11.5 Å². The van der Waals surface area contributed by atoms with E-state index in [0.717, 1.165) is 27.6 Å². The largest absolute Gasteiger partial charge is 0.481 e. The highest BCUT2D eigenvalue weighted by atomic mass is 32.1. The van der Waals surface area contributed by atoms with Crippen LogP contribution in [0.1, 0.15) is 45.3 Å². The Morgan fingerprint density at radius 3 is 2.43 bits per heavy atom. The lowest BCUT2D eigenvalue weighted by Gasteiger charge is -2.13. The smallest absolute Gasteiger partial charge is 0.362 e. The van der Waals surface area contributed by atoms with Crippen molar-refractivity contribution in [1.82, 2.24) is 14.8 Å². The van der Waals surface area contributed by atoms with Crippen LogP contribution in [0.25, 0.3) is 5.69 Å². The fourth-order valence-electron chi connectivity index (χ4n) is 3.00. The molecule has 1 aromatic carbocycles. The molecule has 184 valence electrons. The predicted molar refractivity (Wildman–Crippen MR) is 127 cm³/mol. The van der Waals surface area contributed by atoms with E-state index in [1.807, 2.05) is 6.07 Å². The number of anilines is 1. The summed E-state index contributed by atoms with van der Waals surface area (Å²) in [5.41, 5.74) is 0.864. The Morgan fingerprint density at radius 2 is 1.74 bits per heavy atom. The Kier molecular flexibility index (Phi) is 8.31. The topological polar surface area (TPSA) is 139 Å². The molecule has 0 saturated carbocycles. The second kappa shape index (κ2) is 11.4. The number of hydrogen-bond donors (Lipinski definition) is 1. The van der Waals surface area contributed by atoms with Crippen molar-refractivity contribution in [2.45, 2.75) is 27.7 Å². The van der Waals surface area contributed by atoms with Gasteiger partial charge in [-0.1, -0.05) is 29.5 Å². The lowest BCUT2D eigenvalue weighted by atomic mass is 10.2. The van der Waals surface area contributed by atoms with Crippen molar-refractivity contribution in [3.05, 3.63) is 62.5 Å². The molecule has 0 unspecified atom stereocenters. The third-order valence-corrected chi connectivity index (χ3v) is 5.62. The quantitative estimate of drug-likeness (QED) is 0.439. The third kappa shape index (κ3) is 6.09. The molecule has 2 aromatic heterocycles. The maximum Gasteiger partial charge on any atom is 0.362 e. The van der Waals surface area contributed by atoms with Gasteiger partial charge in [-0.05, 0) is 39.3 Å². The van der Waals surface area contributed by atoms with Crippen LogP contribution in [0.4, 0.5) is 5.13 Å². The molecule has 0 radical (unpaired) electrons. The fourth-order valence-corrected chi connectivity index (χ4v) is 3.88. The highest BCUT2D eigenvalue weighted by Crippen LogP contribution is 2.23. The van der Waals surface area contributed by atoms with Crippen LogP contribution in [0, 0.1) is 13.8 Å². The number of nitrogens with one attached hydrogen (secondary N) is 1. The average molecular weight is 501 g/mol. The summed E-state index contributed by atoms with van der Waals surface area (Å²) in [6.07, 6.45) is 0. The number of nitrogens with zero attached hydrogens (tertiary/aromatic N) is 3. The first-order chi connectivity index (χ1) is 16.7. The summed E-state index contributed by atoms with van der Waals surface area (Å²) in [6, 6.07) is 8.11. The molecule has 0 bridgehead atoms. The first-order valence-corrected chi connectivity index (χ1v) is 11.5. The summed E-state index contributed by atoms with van der Waals surface area (Å²) < 4.78 is 16.5. The van der Waals surface area contributed by atoms with E-state index in [9.17, 15) is 19.2 Å². The SMILES string of the molecule is CCOC(=O)c1nn(-c2ccccc2C)c(=O)cc1OCC(=O)Nc1nc(C)c(C(=O)OCC)s1. The molecule has 11 nitrogen and oxygen atoms in total. The van der Waals surface area contributed by atoms with Gasteiger partial charge in [-0.25, -0.2) is 14.6 Å². The van der Waals surface area contributed by atoms with Gasteiger partial charge in [0.05, 0.1) is 30.7 Å². The number of carbonyl (C=O) groups excluding carboxylic acids is 3. The summed E-state index contributed by atoms with van der Waals surface area (Å²) in [4.78, 5) is 54.0. The van der Waals surface area contributed by atoms with Crippen molar-refractivity contribution in [2.24, 2.45) is 0 Å². The number of rotatable bonds is 9. The van der Waals surface area contributed by atoms with E-state index in [1.54, 1.807) is 45.9 Å². The molecule has 0 atom stereocenters. The summed E-state index contributed by atoms with van der Waals surface area (Å²) in [5, 5.41) is 6.84. The van der Waals surface area contributed by atoms with Crippen LogP contribution in [0.5, 0.6) is 5.75 Å². The van der Waals surface area contributed by atoms with Crippen LogP contribution in [0.3, 0.4) is 0 Å². The molecule has 12 heteroatoms. The van der Waals surface area contributed by atoms with Crippen LogP contribution in [-0.2, 0) is 14.3 Å². The van der Waals surface area contributed by atoms with Gasteiger partial charge in [0.1, 0.15) is 4.88 Å². The molecular weight excluding hydrogens is 476 g/mol. The normalized spacial score (nSPS) is 10.5. The van der Waals surface area contributed by atoms with Crippen LogP contribution in [0.15, 0.2) is 35.1 Å². The molecule has 35 heavy (non-hydrogen) atoms. The number of hydrogen-bond acceptors (Lipinski definition) is 10. The highest BCUT2D eigenvalue weighted by Gasteiger charge is 2.22. The molecule has 3 rings (SSSR count). The second-order valence-electron chi connectivity index (χ2n) is 7.11. The van der Waals surface area contributed by atoms with Crippen molar-refractivity contribution in [1.29, 1.82) is 0 Å². The minimum atomic E-state index is -0.806.